The molecule has 0 saturated carbocycles. The molecule has 0 amide bonds. The third-order valence-corrected chi connectivity index (χ3v) is 4.10. The Balaban J connectivity index is 3.30. The number of carboxylic acid groups (broad SMARTS) is 1. The Bertz CT molecular complexity index is 539. The highest BCUT2D eigenvalue weighted by Gasteiger charge is 2.14. The minimum Gasteiger partial charge on any atom is -0.478 e. The van der Waals surface area contributed by atoms with Crippen LogP contribution in [0.25, 0.3) is 0 Å². The number of hydrogen-bond acceptors (Lipinski definition) is 3. The topological polar surface area (TPSA) is 71.4 Å². The SMILES string of the molecule is Cc1c(I)cc(CS(=O)(=O)Cl)cc1C(=O)O. The third-order valence-electron chi connectivity index (χ3n) is 1.97. The standard InChI is InChI=1S/C9H8ClIO4S/c1-5-7(9(12)13)2-6(3-8(5)11)4-16(10,14)15/h2-3H,4H2,1H3,(H,12,13). The monoisotopic (exact) mass is 374 g/mol. The maximum Gasteiger partial charge on any atom is 0.335 e. The van der Waals surface area contributed by atoms with Gasteiger partial charge < -0.3 is 5.11 Å². The van der Waals surface area contributed by atoms with Gasteiger partial charge in [-0.05, 0) is 52.8 Å². The van der Waals surface area contributed by atoms with Crippen molar-refractivity contribution in [3.05, 3.63) is 32.4 Å². The van der Waals surface area contributed by atoms with Crippen molar-refractivity contribution >= 4 is 48.3 Å². The van der Waals surface area contributed by atoms with Crippen molar-refractivity contribution in [2.45, 2.75) is 12.7 Å². The lowest BCUT2D eigenvalue weighted by atomic mass is 10.1. The molecule has 0 aliphatic rings. The van der Waals surface area contributed by atoms with E-state index in [2.05, 4.69) is 0 Å². The first-order chi connectivity index (χ1) is 7.20. The van der Waals surface area contributed by atoms with E-state index in [0.29, 0.717) is 14.7 Å². The number of carbonyl (C=O) groups is 1. The zero-order valence-corrected chi connectivity index (χ0v) is 11.9. The van der Waals surface area contributed by atoms with Gasteiger partial charge in [0.05, 0.1) is 11.3 Å². The summed E-state index contributed by atoms with van der Waals surface area (Å²) in [6.07, 6.45) is 0. The van der Waals surface area contributed by atoms with Crippen molar-refractivity contribution in [3.63, 3.8) is 0 Å². The second-order valence-corrected chi connectivity index (χ2v) is 7.18. The highest BCUT2D eigenvalue weighted by molar-refractivity contribution is 14.1. The van der Waals surface area contributed by atoms with Crippen LogP contribution in [0.2, 0.25) is 0 Å². The number of carboxylic acids is 1. The average Bonchev–Trinajstić information content (AvgIpc) is 2.07. The molecule has 0 spiro atoms. The molecule has 7 heteroatoms. The van der Waals surface area contributed by atoms with Gasteiger partial charge in [-0.3, -0.25) is 0 Å². The summed E-state index contributed by atoms with van der Waals surface area (Å²) in [4.78, 5) is 10.9. The predicted octanol–water partition coefficient (Wildman–Crippen LogP) is 2.37. The van der Waals surface area contributed by atoms with E-state index in [9.17, 15) is 13.2 Å². The summed E-state index contributed by atoms with van der Waals surface area (Å²) in [5.41, 5.74) is 1.09. The Kier molecular flexibility index (Phi) is 4.19. The largest absolute Gasteiger partial charge is 0.478 e. The van der Waals surface area contributed by atoms with Crippen molar-refractivity contribution in [1.82, 2.24) is 0 Å². The molecule has 0 aliphatic heterocycles. The molecule has 0 saturated heterocycles. The van der Waals surface area contributed by atoms with E-state index in [1.807, 2.05) is 22.6 Å². The second-order valence-electron chi connectivity index (χ2n) is 3.24. The van der Waals surface area contributed by atoms with Gasteiger partial charge in [-0.25, -0.2) is 13.2 Å². The number of aromatic carboxylic acids is 1. The van der Waals surface area contributed by atoms with E-state index in [1.54, 1.807) is 13.0 Å². The van der Waals surface area contributed by atoms with Crippen molar-refractivity contribution in [2.24, 2.45) is 0 Å². The summed E-state index contributed by atoms with van der Waals surface area (Å²) in [6.45, 7) is 1.67. The van der Waals surface area contributed by atoms with Gasteiger partial charge in [0.2, 0.25) is 9.05 Å². The summed E-state index contributed by atoms with van der Waals surface area (Å²) in [5, 5.41) is 8.93. The van der Waals surface area contributed by atoms with E-state index < -0.39 is 15.0 Å². The molecular formula is C9H8ClIO4S. The molecule has 0 aromatic heterocycles. The third kappa shape index (κ3) is 3.60. The quantitative estimate of drug-likeness (QED) is 0.651. The van der Waals surface area contributed by atoms with Gasteiger partial charge in [0.15, 0.2) is 0 Å². The zero-order chi connectivity index (χ0) is 12.5. The molecule has 0 bridgehead atoms. The van der Waals surface area contributed by atoms with Crippen LogP contribution in [0.5, 0.6) is 0 Å². The normalized spacial score (nSPS) is 11.4. The molecule has 0 unspecified atom stereocenters. The van der Waals surface area contributed by atoms with Gasteiger partial charge in [-0.2, -0.15) is 0 Å². The van der Waals surface area contributed by atoms with Gasteiger partial charge in [0.1, 0.15) is 0 Å². The van der Waals surface area contributed by atoms with Crippen LogP contribution in [0.1, 0.15) is 21.5 Å². The first-order valence-electron chi connectivity index (χ1n) is 4.15. The van der Waals surface area contributed by atoms with E-state index in [0.717, 1.165) is 0 Å². The van der Waals surface area contributed by atoms with Crippen LogP contribution < -0.4 is 0 Å². The molecule has 1 rings (SSSR count). The summed E-state index contributed by atoms with van der Waals surface area (Å²) in [6, 6.07) is 2.95. The minimum atomic E-state index is -3.67. The fourth-order valence-electron chi connectivity index (χ4n) is 1.24. The van der Waals surface area contributed by atoms with Crippen LogP contribution in [0, 0.1) is 10.5 Å². The predicted molar refractivity (Wildman–Crippen MR) is 69.3 cm³/mol. The van der Waals surface area contributed by atoms with E-state index in [4.69, 9.17) is 15.8 Å². The van der Waals surface area contributed by atoms with Crippen molar-refractivity contribution in [3.8, 4) is 0 Å². The molecular weight excluding hydrogens is 367 g/mol. The van der Waals surface area contributed by atoms with Crippen molar-refractivity contribution in [2.75, 3.05) is 0 Å². The molecule has 0 heterocycles. The molecule has 88 valence electrons. The molecule has 1 aromatic rings. The van der Waals surface area contributed by atoms with Gasteiger partial charge >= 0.3 is 5.97 Å². The Morgan fingerprint density at radius 1 is 1.50 bits per heavy atom. The Labute approximate surface area is 111 Å². The molecule has 0 radical (unpaired) electrons. The molecule has 16 heavy (non-hydrogen) atoms. The van der Waals surface area contributed by atoms with Crippen molar-refractivity contribution < 1.29 is 18.3 Å². The number of hydrogen-bond donors (Lipinski definition) is 1. The highest BCUT2D eigenvalue weighted by Crippen LogP contribution is 2.21. The van der Waals surface area contributed by atoms with Crippen LogP contribution in [-0.4, -0.2) is 19.5 Å². The Morgan fingerprint density at radius 2 is 2.06 bits per heavy atom. The second kappa shape index (κ2) is 4.89. The minimum absolute atomic E-state index is 0.0993. The molecule has 1 aromatic carbocycles. The van der Waals surface area contributed by atoms with Gasteiger partial charge in [0, 0.05) is 14.3 Å². The summed E-state index contributed by atoms with van der Waals surface area (Å²) < 4.78 is 22.5. The fraction of sp³-hybridized carbons (Fsp3) is 0.222. The van der Waals surface area contributed by atoms with E-state index in [1.165, 1.54) is 6.07 Å². The molecule has 0 aliphatic carbocycles. The first kappa shape index (κ1) is 13.7. The smallest absolute Gasteiger partial charge is 0.335 e. The number of halogens is 2. The Hall–Kier alpha value is -0.340. The maximum atomic E-state index is 10.9. The van der Waals surface area contributed by atoms with E-state index in [-0.39, 0.29) is 11.3 Å². The summed E-state index contributed by atoms with van der Waals surface area (Å²) in [7, 11) is 1.44. The van der Waals surface area contributed by atoms with Crippen LogP contribution in [0.3, 0.4) is 0 Å². The molecule has 4 nitrogen and oxygen atoms in total. The van der Waals surface area contributed by atoms with Crippen molar-refractivity contribution in [1.29, 1.82) is 0 Å². The first-order valence-corrected chi connectivity index (χ1v) is 7.71. The van der Waals surface area contributed by atoms with Crippen LogP contribution in [-0.2, 0) is 14.8 Å². The summed E-state index contributed by atoms with van der Waals surface area (Å²) in [5.74, 6) is -1.45. The molecule has 1 N–H and O–H groups in total. The maximum absolute atomic E-state index is 10.9. The van der Waals surface area contributed by atoms with Gasteiger partial charge in [-0.1, -0.05) is 0 Å². The lowest BCUT2D eigenvalue weighted by Crippen LogP contribution is -2.05. The van der Waals surface area contributed by atoms with E-state index >= 15 is 0 Å². The molecule has 0 fully saturated rings. The number of benzene rings is 1. The van der Waals surface area contributed by atoms with Crippen LogP contribution in [0.15, 0.2) is 12.1 Å². The lowest BCUT2D eigenvalue weighted by molar-refractivity contribution is 0.0696. The average molecular weight is 375 g/mol. The molecule has 0 atom stereocenters. The highest BCUT2D eigenvalue weighted by atomic mass is 127. The summed E-state index contributed by atoms with van der Waals surface area (Å²) >= 11 is 1.96. The lowest BCUT2D eigenvalue weighted by Gasteiger charge is -2.07. The Morgan fingerprint density at radius 3 is 2.50 bits per heavy atom. The fourth-order valence-corrected chi connectivity index (χ4v) is 2.87. The van der Waals surface area contributed by atoms with Gasteiger partial charge in [0.25, 0.3) is 0 Å². The van der Waals surface area contributed by atoms with Crippen LogP contribution >= 0.6 is 33.3 Å². The number of rotatable bonds is 3. The van der Waals surface area contributed by atoms with Gasteiger partial charge in [-0.15, -0.1) is 0 Å². The zero-order valence-electron chi connectivity index (χ0n) is 8.20. The van der Waals surface area contributed by atoms with Crippen LogP contribution in [0.4, 0.5) is 0 Å².